The molecule has 0 aliphatic heterocycles. The first-order valence-electron chi connectivity index (χ1n) is 4.61. The van der Waals surface area contributed by atoms with Crippen LogP contribution < -0.4 is 5.32 Å². The topological polar surface area (TPSA) is 12.0 Å². The van der Waals surface area contributed by atoms with Crippen LogP contribution in [0, 0.1) is 0 Å². The van der Waals surface area contributed by atoms with Gasteiger partial charge in [0.25, 0.3) is 0 Å². The molecule has 1 rings (SSSR count). The van der Waals surface area contributed by atoms with Gasteiger partial charge >= 0.3 is 0 Å². The molecule has 13 heavy (non-hydrogen) atoms. The Balaban J connectivity index is 0. The van der Waals surface area contributed by atoms with Crippen LogP contribution in [0.2, 0.25) is 0 Å². The Morgan fingerprint density at radius 2 is 1.46 bits per heavy atom. The summed E-state index contributed by atoms with van der Waals surface area (Å²) >= 11 is 0. The summed E-state index contributed by atoms with van der Waals surface area (Å²) in [6, 6.07) is 10.0. The van der Waals surface area contributed by atoms with Gasteiger partial charge in [0, 0.05) is 0 Å². The van der Waals surface area contributed by atoms with Crippen molar-refractivity contribution in [1.82, 2.24) is 5.32 Å². The number of benzene rings is 1. The van der Waals surface area contributed by atoms with Crippen molar-refractivity contribution in [3.8, 4) is 0 Å². The average molecular weight is 179 g/mol. The summed E-state index contributed by atoms with van der Waals surface area (Å²) in [5, 5.41) is 2.75. The van der Waals surface area contributed by atoms with Gasteiger partial charge in [-0.1, -0.05) is 56.8 Å². The van der Waals surface area contributed by atoms with Gasteiger partial charge in [0.05, 0.1) is 0 Å². The summed E-state index contributed by atoms with van der Waals surface area (Å²) in [6.07, 6.45) is 1.83. The second-order valence-electron chi connectivity index (χ2n) is 2.11. The lowest BCUT2D eigenvalue weighted by molar-refractivity contribution is 1.02. The molecule has 0 radical (unpaired) electrons. The number of hydrogen-bond acceptors (Lipinski definition) is 1. The maximum atomic E-state index is 3.63. The first-order valence-corrected chi connectivity index (χ1v) is 4.61. The predicted octanol–water partition coefficient (Wildman–Crippen LogP) is 3.19. The molecule has 0 spiro atoms. The Morgan fingerprint density at radius 1 is 1.08 bits per heavy atom. The molecular weight excluding hydrogens is 158 g/mol. The largest absolute Gasteiger partial charge is 0.323 e. The summed E-state index contributed by atoms with van der Waals surface area (Å²) in [7, 11) is 3.75. The Morgan fingerprint density at radius 3 is 1.69 bits per heavy atom. The lowest BCUT2D eigenvalue weighted by Crippen LogP contribution is -1.89. The van der Waals surface area contributed by atoms with E-state index in [1.165, 1.54) is 5.56 Å². The van der Waals surface area contributed by atoms with Gasteiger partial charge in [0.1, 0.15) is 0 Å². The molecule has 0 amide bonds. The highest BCUT2D eigenvalue weighted by molar-refractivity contribution is 5.45. The third kappa shape index (κ3) is 10.9. The van der Waals surface area contributed by atoms with Crippen LogP contribution in [0.5, 0.6) is 0 Å². The first-order chi connectivity index (χ1) is 6.35. The molecule has 0 saturated heterocycles. The molecule has 0 aliphatic carbocycles. The average Bonchev–Trinajstić information content (AvgIpc) is 2.23. The van der Waals surface area contributed by atoms with Crippen molar-refractivity contribution < 1.29 is 0 Å². The summed E-state index contributed by atoms with van der Waals surface area (Å²) in [4.78, 5) is 0. The molecule has 0 aromatic heterocycles. The van der Waals surface area contributed by atoms with E-state index in [1.54, 1.807) is 0 Å². The van der Waals surface area contributed by atoms with Crippen LogP contribution in [-0.2, 0) is 0 Å². The van der Waals surface area contributed by atoms with Crippen LogP contribution in [0.3, 0.4) is 0 Å². The van der Waals surface area contributed by atoms with Gasteiger partial charge in [0.15, 0.2) is 0 Å². The van der Waals surface area contributed by atoms with E-state index in [1.807, 2.05) is 64.4 Å². The smallest absolute Gasteiger partial charge is 0.0167 e. The van der Waals surface area contributed by atoms with Crippen molar-refractivity contribution in [2.75, 3.05) is 14.1 Å². The summed E-state index contributed by atoms with van der Waals surface area (Å²) in [6.45, 7) is 7.63. The van der Waals surface area contributed by atoms with Crippen molar-refractivity contribution in [3.05, 3.63) is 42.5 Å². The second kappa shape index (κ2) is 13.5. The fraction of sp³-hybridized carbons (Fsp3) is 0.333. The van der Waals surface area contributed by atoms with E-state index in [0.29, 0.717) is 0 Å². The van der Waals surface area contributed by atoms with Crippen LogP contribution in [0.1, 0.15) is 19.4 Å². The quantitative estimate of drug-likeness (QED) is 0.698. The highest BCUT2D eigenvalue weighted by Gasteiger charge is 1.75. The molecule has 1 nitrogen and oxygen atoms in total. The van der Waals surface area contributed by atoms with Crippen molar-refractivity contribution >= 4 is 6.08 Å². The third-order valence-electron chi connectivity index (χ3n) is 1.04. The molecule has 1 N–H and O–H groups in total. The van der Waals surface area contributed by atoms with Gasteiger partial charge in [-0.05, 0) is 19.7 Å². The lowest BCUT2D eigenvalue weighted by Gasteiger charge is -1.85. The van der Waals surface area contributed by atoms with E-state index in [0.717, 1.165) is 0 Å². The number of hydrogen-bond donors (Lipinski definition) is 1. The van der Waals surface area contributed by atoms with Crippen molar-refractivity contribution in [2.45, 2.75) is 13.8 Å². The van der Waals surface area contributed by atoms with Crippen LogP contribution in [-0.4, -0.2) is 14.1 Å². The van der Waals surface area contributed by atoms with Gasteiger partial charge < -0.3 is 5.32 Å². The van der Waals surface area contributed by atoms with Gasteiger partial charge in [-0.25, -0.2) is 0 Å². The molecule has 1 heteroatoms. The van der Waals surface area contributed by atoms with Crippen LogP contribution in [0.4, 0.5) is 0 Å². The highest BCUT2D eigenvalue weighted by Crippen LogP contribution is 1.97. The van der Waals surface area contributed by atoms with Crippen LogP contribution in [0.25, 0.3) is 6.08 Å². The van der Waals surface area contributed by atoms with Gasteiger partial charge in [-0.2, -0.15) is 0 Å². The van der Waals surface area contributed by atoms with E-state index in [9.17, 15) is 0 Å². The van der Waals surface area contributed by atoms with Crippen molar-refractivity contribution in [3.63, 3.8) is 0 Å². The standard InChI is InChI=1S/C8H8.C2H7N.C2H6/c1-2-8-6-4-3-5-7-8;1-3-2;1-2/h2-7H,1H2;3H,1-2H3;1-2H3. The Kier molecular flexibility index (Phi) is 15.0. The minimum absolute atomic E-state index is 1.17. The number of nitrogens with one attached hydrogen (secondary N) is 1. The molecule has 0 unspecified atom stereocenters. The zero-order valence-corrected chi connectivity index (χ0v) is 9.17. The van der Waals surface area contributed by atoms with E-state index >= 15 is 0 Å². The second-order valence-corrected chi connectivity index (χ2v) is 2.11. The molecule has 0 heterocycles. The van der Waals surface area contributed by atoms with Gasteiger partial charge in [-0.3, -0.25) is 0 Å². The fourth-order valence-corrected chi connectivity index (χ4v) is 0.589. The van der Waals surface area contributed by atoms with Gasteiger partial charge in [0.2, 0.25) is 0 Å². The van der Waals surface area contributed by atoms with Crippen LogP contribution >= 0.6 is 0 Å². The summed E-state index contributed by atoms with van der Waals surface area (Å²) in [5.41, 5.74) is 1.17. The monoisotopic (exact) mass is 179 g/mol. The molecule has 1 aromatic carbocycles. The van der Waals surface area contributed by atoms with E-state index in [-0.39, 0.29) is 0 Å². The molecule has 74 valence electrons. The summed E-state index contributed by atoms with van der Waals surface area (Å²) < 4.78 is 0. The Hall–Kier alpha value is -1.08. The normalized spacial score (nSPS) is 7.08. The maximum absolute atomic E-state index is 3.63. The molecular formula is C12H21N. The Bertz CT molecular complexity index is 180. The number of rotatable bonds is 1. The zero-order valence-electron chi connectivity index (χ0n) is 9.17. The molecule has 0 atom stereocenters. The molecule has 1 aromatic rings. The highest BCUT2D eigenvalue weighted by atomic mass is 14.7. The Labute approximate surface area is 82.5 Å². The maximum Gasteiger partial charge on any atom is -0.0167 e. The molecule has 0 saturated carbocycles. The van der Waals surface area contributed by atoms with E-state index in [4.69, 9.17) is 0 Å². The predicted molar refractivity (Wildman–Crippen MR) is 62.9 cm³/mol. The van der Waals surface area contributed by atoms with E-state index in [2.05, 4.69) is 11.9 Å². The van der Waals surface area contributed by atoms with Gasteiger partial charge in [-0.15, -0.1) is 0 Å². The SMILES string of the molecule is C=Cc1ccccc1.CC.CNC. The molecule has 0 fully saturated rings. The van der Waals surface area contributed by atoms with Crippen molar-refractivity contribution in [1.29, 1.82) is 0 Å². The minimum atomic E-state index is 1.17. The minimum Gasteiger partial charge on any atom is -0.323 e. The summed E-state index contributed by atoms with van der Waals surface area (Å²) in [5.74, 6) is 0. The third-order valence-corrected chi connectivity index (χ3v) is 1.04. The lowest BCUT2D eigenvalue weighted by atomic mass is 10.2. The first kappa shape index (κ1) is 14.4. The molecule has 0 bridgehead atoms. The van der Waals surface area contributed by atoms with Crippen molar-refractivity contribution in [2.24, 2.45) is 0 Å². The van der Waals surface area contributed by atoms with Crippen LogP contribution in [0.15, 0.2) is 36.9 Å². The van der Waals surface area contributed by atoms with E-state index < -0.39 is 0 Å². The zero-order chi connectivity index (χ0) is 10.5. The fourth-order valence-electron chi connectivity index (χ4n) is 0.589. The molecule has 0 aliphatic rings.